The summed E-state index contributed by atoms with van der Waals surface area (Å²) in [4.78, 5) is 2.33. The molecule has 0 amide bonds. The summed E-state index contributed by atoms with van der Waals surface area (Å²) >= 11 is 0. The summed E-state index contributed by atoms with van der Waals surface area (Å²) in [5, 5.41) is 23.4. The molecule has 5 rings (SSSR count). The van der Waals surface area contributed by atoms with E-state index in [2.05, 4.69) is 20.4 Å². The Balaban J connectivity index is 1.64. The number of methoxy groups -OCH3 is 2. The molecule has 2 N–H and O–H groups in total. The van der Waals surface area contributed by atoms with Gasteiger partial charge in [-0.05, 0) is 12.1 Å². The first-order valence-corrected chi connectivity index (χ1v) is 10.2. The highest BCUT2D eigenvalue weighted by Crippen LogP contribution is 2.45. The average Bonchev–Trinajstić information content (AvgIpc) is 3.36. The van der Waals surface area contributed by atoms with E-state index in [4.69, 9.17) is 13.9 Å². The molecule has 2 aromatic carbocycles. The predicted octanol–water partition coefficient (Wildman–Crippen LogP) is 4.16. The van der Waals surface area contributed by atoms with E-state index < -0.39 is 0 Å². The minimum atomic E-state index is 0.0459. The normalized spacial score (nSPS) is 17.4. The third kappa shape index (κ3) is 3.43. The van der Waals surface area contributed by atoms with Crippen LogP contribution >= 0.6 is 0 Å². The van der Waals surface area contributed by atoms with Gasteiger partial charge in [-0.1, -0.05) is 18.2 Å². The highest BCUT2D eigenvalue weighted by molar-refractivity contribution is 5.96. The van der Waals surface area contributed by atoms with E-state index in [0.29, 0.717) is 40.5 Å². The topological polar surface area (TPSA) is 91.8 Å². The van der Waals surface area contributed by atoms with E-state index in [1.54, 1.807) is 26.4 Å². The van der Waals surface area contributed by atoms with Gasteiger partial charge in [0.15, 0.2) is 23.0 Å². The lowest BCUT2D eigenvalue weighted by molar-refractivity contribution is 0.229. The number of rotatable bonds is 5. The first-order chi connectivity index (χ1) is 15.2. The van der Waals surface area contributed by atoms with Gasteiger partial charge >= 0.3 is 0 Å². The Morgan fingerprint density at radius 1 is 1.16 bits per heavy atom. The Hall–Kier alpha value is -3.36. The number of nitrogens with one attached hydrogen (secondary N) is 1. The van der Waals surface area contributed by atoms with Crippen LogP contribution in [0.2, 0.25) is 0 Å². The number of azo groups is 1. The quantitative estimate of drug-likeness (QED) is 0.644. The van der Waals surface area contributed by atoms with Crippen molar-refractivity contribution >= 4 is 28.4 Å². The van der Waals surface area contributed by atoms with Gasteiger partial charge in [-0.2, -0.15) is 0 Å². The Labute approximate surface area is 179 Å². The second kappa shape index (κ2) is 8.05. The number of ether oxygens (including phenoxy) is 2. The van der Waals surface area contributed by atoms with Gasteiger partial charge in [0.25, 0.3) is 0 Å². The number of fused-ring (bicyclic) bond motifs is 2. The summed E-state index contributed by atoms with van der Waals surface area (Å²) in [7, 11) is 3.21. The highest BCUT2D eigenvalue weighted by Gasteiger charge is 2.25. The lowest BCUT2D eigenvalue weighted by Crippen LogP contribution is -2.42. The van der Waals surface area contributed by atoms with Crippen LogP contribution in [0, 0.1) is 0 Å². The van der Waals surface area contributed by atoms with Gasteiger partial charge in [0, 0.05) is 44.4 Å². The van der Waals surface area contributed by atoms with Gasteiger partial charge in [-0.15, -0.1) is 10.2 Å². The van der Waals surface area contributed by atoms with Crippen molar-refractivity contribution in [3.05, 3.63) is 47.2 Å². The summed E-state index contributed by atoms with van der Waals surface area (Å²) in [5.41, 5.74) is 3.79. The standard InChI is InChI=1S/C23H24N4O4/c1-29-20-11-15-21(28)19(12-18-14-5-3-4-6-17(14)25-26-18)31-22(15)16(23(20)30-2)13-27-9-7-24-8-10-27/h3-6,11-12,24,28H,7-10,13H2,1-2H3. The van der Waals surface area contributed by atoms with Gasteiger partial charge in [-0.25, -0.2) is 0 Å². The van der Waals surface area contributed by atoms with Crippen molar-refractivity contribution in [2.24, 2.45) is 10.2 Å². The molecule has 1 saturated heterocycles. The number of nitrogens with zero attached hydrogens (tertiary/aromatic N) is 3. The molecule has 160 valence electrons. The number of hydrogen-bond acceptors (Lipinski definition) is 8. The molecular weight excluding hydrogens is 396 g/mol. The van der Waals surface area contributed by atoms with Gasteiger partial charge in [0.05, 0.1) is 36.6 Å². The zero-order chi connectivity index (χ0) is 21.4. The van der Waals surface area contributed by atoms with Crippen molar-refractivity contribution in [3.8, 4) is 17.2 Å². The van der Waals surface area contributed by atoms with E-state index in [0.717, 1.165) is 43.0 Å². The Morgan fingerprint density at radius 2 is 1.97 bits per heavy atom. The summed E-state index contributed by atoms with van der Waals surface area (Å²) in [6, 6.07) is 9.45. The number of benzene rings is 2. The lowest BCUT2D eigenvalue weighted by atomic mass is 10.1. The molecule has 2 aliphatic heterocycles. The van der Waals surface area contributed by atoms with E-state index in [1.807, 2.05) is 24.3 Å². The van der Waals surface area contributed by atoms with Crippen LogP contribution in [0.5, 0.6) is 17.2 Å². The van der Waals surface area contributed by atoms with Gasteiger partial charge in [0.1, 0.15) is 5.58 Å². The second-order valence-corrected chi connectivity index (χ2v) is 7.56. The highest BCUT2D eigenvalue weighted by atomic mass is 16.5. The summed E-state index contributed by atoms with van der Waals surface area (Å²) in [6.07, 6.45) is 1.72. The van der Waals surface area contributed by atoms with Crippen LogP contribution in [-0.4, -0.2) is 50.4 Å². The number of hydrogen-bond donors (Lipinski definition) is 2. The summed E-state index contributed by atoms with van der Waals surface area (Å²) in [6.45, 7) is 4.33. The van der Waals surface area contributed by atoms with E-state index in [1.165, 1.54) is 0 Å². The minimum Gasteiger partial charge on any atom is -0.504 e. The molecular formula is C23H24N4O4. The third-order valence-corrected chi connectivity index (χ3v) is 5.72. The van der Waals surface area contributed by atoms with Gasteiger partial charge in [-0.3, -0.25) is 4.90 Å². The van der Waals surface area contributed by atoms with Crippen LogP contribution in [0.4, 0.5) is 5.69 Å². The first kappa shape index (κ1) is 19.6. The fourth-order valence-corrected chi connectivity index (χ4v) is 4.14. The largest absolute Gasteiger partial charge is 0.504 e. The third-order valence-electron chi connectivity index (χ3n) is 5.72. The van der Waals surface area contributed by atoms with Crippen molar-refractivity contribution in [2.75, 3.05) is 40.4 Å². The maximum atomic E-state index is 11.0. The molecule has 31 heavy (non-hydrogen) atoms. The van der Waals surface area contributed by atoms with Crippen LogP contribution in [0.3, 0.4) is 0 Å². The van der Waals surface area contributed by atoms with Crippen molar-refractivity contribution in [3.63, 3.8) is 0 Å². The van der Waals surface area contributed by atoms with Crippen LogP contribution < -0.4 is 14.8 Å². The van der Waals surface area contributed by atoms with Crippen molar-refractivity contribution < 1.29 is 19.0 Å². The molecule has 8 nitrogen and oxygen atoms in total. The molecule has 0 radical (unpaired) electrons. The molecule has 0 saturated carbocycles. The average molecular weight is 420 g/mol. The molecule has 8 heteroatoms. The van der Waals surface area contributed by atoms with Crippen LogP contribution in [0.25, 0.3) is 22.7 Å². The Kier molecular flexibility index (Phi) is 5.09. The smallest absolute Gasteiger partial charge is 0.172 e. The molecule has 2 aliphatic rings. The maximum Gasteiger partial charge on any atom is 0.172 e. The van der Waals surface area contributed by atoms with E-state index in [9.17, 15) is 5.11 Å². The molecule has 0 spiro atoms. The molecule has 1 fully saturated rings. The Bertz CT molecular complexity index is 1190. The van der Waals surface area contributed by atoms with Crippen molar-refractivity contribution in [1.29, 1.82) is 0 Å². The monoisotopic (exact) mass is 420 g/mol. The van der Waals surface area contributed by atoms with Gasteiger partial charge in [0.2, 0.25) is 0 Å². The summed E-state index contributed by atoms with van der Waals surface area (Å²) < 4.78 is 17.4. The van der Waals surface area contributed by atoms with Crippen LogP contribution in [0.1, 0.15) is 16.9 Å². The molecule has 0 atom stereocenters. The van der Waals surface area contributed by atoms with Crippen molar-refractivity contribution in [1.82, 2.24) is 10.2 Å². The predicted molar refractivity (Wildman–Crippen MR) is 118 cm³/mol. The SMILES string of the molecule is COc1cc2c(O)c(C=C3N=Nc4ccccc43)oc2c(CN2CCNCC2)c1OC. The fourth-order valence-electron chi connectivity index (χ4n) is 4.14. The fraction of sp³-hybridized carbons (Fsp3) is 0.304. The van der Waals surface area contributed by atoms with Crippen LogP contribution in [-0.2, 0) is 6.54 Å². The van der Waals surface area contributed by atoms with E-state index in [-0.39, 0.29) is 5.75 Å². The second-order valence-electron chi connectivity index (χ2n) is 7.56. The van der Waals surface area contributed by atoms with E-state index >= 15 is 0 Å². The molecule has 1 aromatic heterocycles. The first-order valence-electron chi connectivity index (χ1n) is 10.2. The number of aromatic hydroxyl groups is 1. The lowest BCUT2D eigenvalue weighted by Gasteiger charge is -2.28. The molecule has 3 heterocycles. The number of piperazine rings is 1. The Morgan fingerprint density at radius 3 is 2.74 bits per heavy atom. The van der Waals surface area contributed by atoms with Gasteiger partial charge < -0.3 is 24.3 Å². The number of furan rings is 1. The van der Waals surface area contributed by atoms with Crippen LogP contribution in [0.15, 0.2) is 45.0 Å². The zero-order valence-corrected chi connectivity index (χ0v) is 17.5. The molecule has 0 bridgehead atoms. The molecule has 0 aliphatic carbocycles. The van der Waals surface area contributed by atoms with Crippen molar-refractivity contribution in [2.45, 2.75) is 6.54 Å². The molecule has 0 unspecified atom stereocenters. The maximum absolute atomic E-state index is 11.0. The molecule has 3 aromatic rings. The zero-order valence-electron chi connectivity index (χ0n) is 17.5. The minimum absolute atomic E-state index is 0.0459. The summed E-state index contributed by atoms with van der Waals surface area (Å²) in [5.74, 6) is 1.55.